The highest BCUT2D eigenvalue weighted by Gasteiger charge is 2.22. The maximum absolute atomic E-state index is 10.0. The lowest BCUT2D eigenvalue weighted by Crippen LogP contribution is -2.32. The smallest absolute Gasteiger partial charge is 0.224 e. The van der Waals surface area contributed by atoms with Crippen molar-refractivity contribution in [2.45, 2.75) is 13.0 Å². The Hall–Kier alpha value is -1.69. The second-order valence-electron chi connectivity index (χ2n) is 5.37. The number of fused-ring (bicyclic) bond motifs is 1. The van der Waals surface area contributed by atoms with Gasteiger partial charge < -0.3 is 10.0 Å². The summed E-state index contributed by atoms with van der Waals surface area (Å²) >= 11 is 9.63. The van der Waals surface area contributed by atoms with E-state index in [1.807, 2.05) is 55.5 Å². The Bertz CT molecular complexity index is 844. The third-order valence-electron chi connectivity index (χ3n) is 3.96. The number of aliphatic hydroxyl groups is 1. The van der Waals surface area contributed by atoms with Crippen molar-refractivity contribution in [3.8, 4) is 0 Å². The van der Waals surface area contributed by atoms with Crippen LogP contribution in [0.4, 0.5) is 5.82 Å². The highest BCUT2D eigenvalue weighted by molar-refractivity contribution is 9.10. The highest BCUT2D eigenvalue weighted by Crippen LogP contribution is 2.33. The molecule has 0 radical (unpaired) electrons. The third-order valence-corrected chi connectivity index (χ3v) is 4.62. The molecule has 0 saturated heterocycles. The second-order valence-corrected chi connectivity index (χ2v) is 6.63. The van der Waals surface area contributed by atoms with Gasteiger partial charge in [0.1, 0.15) is 5.82 Å². The Morgan fingerprint density at radius 1 is 1.17 bits per heavy atom. The lowest BCUT2D eigenvalue weighted by molar-refractivity contribution is 0.261. The minimum Gasteiger partial charge on any atom is -0.394 e. The summed E-state index contributed by atoms with van der Waals surface area (Å²) in [5.41, 5.74) is 1.80. The van der Waals surface area contributed by atoms with Crippen molar-refractivity contribution in [3.05, 3.63) is 63.9 Å². The maximum Gasteiger partial charge on any atom is 0.224 e. The van der Waals surface area contributed by atoms with Crippen molar-refractivity contribution in [3.63, 3.8) is 0 Å². The minimum atomic E-state index is -0.204. The van der Waals surface area contributed by atoms with E-state index in [-0.39, 0.29) is 17.9 Å². The molecular weight excluding hydrogens is 390 g/mol. The van der Waals surface area contributed by atoms with Gasteiger partial charge in [0.2, 0.25) is 5.28 Å². The number of nitrogens with zero attached hydrogens (tertiary/aromatic N) is 3. The summed E-state index contributed by atoms with van der Waals surface area (Å²) in [4.78, 5) is 10.8. The quantitative estimate of drug-likeness (QED) is 0.629. The highest BCUT2D eigenvalue weighted by atomic mass is 79.9. The Balaban J connectivity index is 2.17. The fourth-order valence-corrected chi connectivity index (χ4v) is 3.38. The van der Waals surface area contributed by atoms with Gasteiger partial charge in [0, 0.05) is 16.4 Å². The molecule has 0 amide bonds. The van der Waals surface area contributed by atoms with Crippen LogP contribution in [0.5, 0.6) is 0 Å². The van der Waals surface area contributed by atoms with Gasteiger partial charge in [-0.1, -0.05) is 46.3 Å². The Kier molecular flexibility index (Phi) is 5.33. The van der Waals surface area contributed by atoms with Crippen LogP contribution in [0.1, 0.15) is 18.5 Å². The number of aliphatic hydroxyl groups excluding tert-OH is 1. The number of rotatable bonds is 5. The van der Waals surface area contributed by atoms with E-state index in [1.165, 1.54) is 0 Å². The lowest BCUT2D eigenvalue weighted by Gasteiger charge is -2.31. The van der Waals surface area contributed by atoms with Gasteiger partial charge >= 0.3 is 0 Å². The molecule has 3 aromatic rings. The van der Waals surface area contributed by atoms with Gasteiger partial charge in [0.25, 0.3) is 0 Å². The molecule has 1 N–H and O–H groups in total. The molecule has 0 saturated carbocycles. The molecule has 0 aliphatic rings. The molecule has 2 aromatic carbocycles. The molecule has 0 fully saturated rings. The number of hydrogen-bond donors (Lipinski definition) is 1. The molecule has 0 aliphatic heterocycles. The van der Waals surface area contributed by atoms with E-state index < -0.39 is 0 Å². The Morgan fingerprint density at radius 3 is 2.58 bits per heavy atom. The number of likely N-dealkylation sites (N-methyl/N-ethyl adjacent to an activating group) is 1. The topological polar surface area (TPSA) is 49.2 Å². The summed E-state index contributed by atoms with van der Waals surface area (Å²) in [6, 6.07) is 15.5. The molecule has 24 heavy (non-hydrogen) atoms. The predicted octanol–water partition coefficient (Wildman–Crippen LogP) is 4.61. The summed E-state index contributed by atoms with van der Waals surface area (Å²) in [5, 5.41) is 11.1. The average Bonchev–Trinajstić information content (AvgIpc) is 2.60. The van der Waals surface area contributed by atoms with E-state index in [0.29, 0.717) is 6.54 Å². The van der Waals surface area contributed by atoms with E-state index in [9.17, 15) is 5.11 Å². The lowest BCUT2D eigenvalue weighted by atomic mass is 10.1. The van der Waals surface area contributed by atoms with Crippen molar-refractivity contribution in [1.29, 1.82) is 0 Å². The van der Waals surface area contributed by atoms with Gasteiger partial charge in [-0.3, -0.25) is 0 Å². The van der Waals surface area contributed by atoms with Gasteiger partial charge in [0.05, 0.1) is 18.2 Å². The van der Waals surface area contributed by atoms with Crippen LogP contribution < -0.4 is 4.90 Å². The fraction of sp³-hybridized carbons (Fsp3) is 0.222. The molecule has 0 bridgehead atoms. The largest absolute Gasteiger partial charge is 0.394 e. The number of benzene rings is 2. The molecule has 1 atom stereocenters. The van der Waals surface area contributed by atoms with Gasteiger partial charge in [-0.2, -0.15) is 4.98 Å². The SMILES string of the molecule is CCN(c1nc(Cl)nc2ccc(Br)cc12)C(CO)c1ccccc1. The summed E-state index contributed by atoms with van der Waals surface area (Å²) < 4.78 is 0.943. The Morgan fingerprint density at radius 2 is 1.92 bits per heavy atom. The molecule has 0 spiro atoms. The van der Waals surface area contributed by atoms with Gasteiger partial charge in [-0.15, -0.1) is 0 Å². The van der Waals surface area contributed by atoms with E-state index in [1.54, 1.807) is 0 Å². The van der Waals surface area contributed by atoms with Crippen LogP contribution in [-0.2, 0) is 0 Å². The predicted molar refractivity (Wildman–Crippen MR) is 102 cm³/mol. The van der Waals surface area contributed by atoms with E-state index in [4.69, 9.17) is 11.6 Å². The number of hydrogen-bond acceptors (Lipinski definition) is 4. The first kappa shape index (κ1) is 17.1. The zero-order valence-electron chi connectivity index (χ0n) is 13.2. The molecule has 1 unspecified atom stereocenters. The van der Waals surface area contributed by atoms with Crippen LogP contribution >= 0.6 is 27.5 Å². The van der Waals surface area contributed by atoms with Crippen LogP contribution in [0.2, 0.25) is 5.28 Å². The fourth-order valence-electron chi connectivity index (χ4n) is 2.85. The number of halogens is 2. The summed E-state index contributed by atoms with van der Waals surface area (Å²) in [5.74, 6) is 0.719. The monoisotopic (exact) mass is 405 g/mol. The molecule has 3 rings (SSSR count). The number of aromatic nitrogens is 2. The third kappa shape index (κ3) is 3.38. The van der Waals surface area contributed by atoms with Crippen molar-refractivity contribution in [1.82, 2.24) is 9.97 Å². The summed E-state index contributed by atoms with van der Waals surface area (Å²) in [6.45, 7) is 2.69. The van der Waals surface area contributed by atoms with Crippen LogP contribution in [-0.4, -0.2) is 28.2 Å². The first-order chi connectivity index (χ1) is 11.6. The van der Waals surface area contributed by atoms with Crippen LogP contribution in [0.3, 0.4) is 0 Å². The average molecular weight is 407 g/mol. The first-order valence-corrected chi connectivity index (χ1v) is 8.86. The maximum atomic E-state index is 10.0. The second kappa shape index (κ2) is 7.47. The zero-order valence-corrected chi connectivity index (χ0v) is 15.5. The molecular formula is C18H17BrClN3O. The van der Waals surface area contributed by atoms with E-state index in [2.05, 4.69) is 30.8 Å². The van der Waals surface area contributed by atoms with Crippen molar-refractivity contribution < 1.29 is 5.11 Å². The number of anilines is 1. The van der Waals surface area contributed by atoms with Crippen LogP contribution in [0.15, 0.2) is 53.0 Å². The van der Waals surface area contributed by atoms with Crippen molar-refractivity contribution in [2.24, 2.45) is 0 Å². The summed E-state index contributed by atoms with van der Waals surface area (Å²) in [7, 11) is 0. The molecule has 1 heterocycles. The van der Waals surface area contributed by atoms with Crippen LogP contribution in [0, 0.1) is 0 Å². The molecule has 6 heteroatoms. The van der Waals surface area contributed by atoms with Crippen LogP contribution in [0.25, 0.3) is 10.9 Å². The zero-order chi connectivity index (χ0) is 17.1. The molecule has 4 nitrogen and oxygen atoms in total. The normalized spacial score (nSPS) is 12.3. The van der Waals surface area contributed by atoms with E-state index >= 15 is 0 Å². The first-order valence-electron chi connectivity index (χ1n) is 7.69. The van der Waals surface area contributed by atoms with E-state index in [0.717, 1.165) is 26.8 Å². The van der Waals surface area contributed by atoms with Gasteiger partial charge in [0.15, 0.2) is 0 Å². The summed E-state index contributed by atoms with van der Waals surface area (Å²) in [6.07, 6.45) is 0. The molecule has 1 aromatic heterocycles. The van der Waals surface area contributed by atoms with Crippen molar-refractivity contribution >= 4 is 44.3 Å². The molecule has 0 aliphatic carbocycles. The molecule has 124 valence electrons. The van der Waals surface area contributed by atoms with Crippen molar-refractivity contribution in [2.75, 3.05) is 18.1 Å². The minimum absolute atomic E-state index is 0.0189. The van der Waals surface area contributed by atoms with Gasteiger partial charge in [-0.25, -0.2) is 4.98 Å². The standard InChI is InChI=1S/C18H17BrClN3O/c1-2-23(16(11-24)12-6-4-3-5-7-12)17-14-10-13(19)8-9-15(14)21-18(20)22-17/h3-10,16,24H,2,11H2,1H3. The Labute approximate surface area is 154 Å². The van der Waals surface area contributed by atoms with Gasteiger partial charge in [-0.05, 0) is 42.3 Å².